The molecular formula is C21H23N5O. The fraction of sp³-hybridized carbons (Fsp3) is 0.333. The lowest BCUT2D eigenvalue weighted by atomic mass is 10.0. The summed E-state index contributed by atoms with van der Waals surface area (Å²) in [6.45, 7) is 7.88. The molecule has 0 spiro atoms. The smallest absolute Gasteiger partial charge is 0.220 e. The summed E-state index contributed by atoms with van der Waals surface area (Å²) in [5.74, 6) is 0.000140. The van der Waals surface area contributed by atoms with Gasteiger partial charge in [0.05, 0.1) is 12.2 Å². The standard InChI is InChI=1S/C21H23N5O/c1-13-5-7-17(8-6-13)14(2)24-20(27)10-9-19-15(3)25-21-18(11-22)12-23-26(21)16(19)4/h5-8,12,14H,9-10H2,1-4H3,(H,24,27). The maximum Gasteiger partial charge on any atom is 0.220 e. The first kappa shape index (κ1) is 18.6. The molecule has 0 radical (unpaired) electrons. The van der Waals surface area contributed by atoms with E-state index < -0.39 is 0 Å². The second-order valence-electron chi connectivity index (χ2n) is 6.87. The van der Waals surface area contributed by atoms with Crippen LogP contribution in [0.5, 0.6) is 0 Å². The SMILES string of the molecule is Cc1ccc(C(C)NC(=O)CCc2c(C)nc3c(C#N)cnn3c2C)cc1. The number of amides is 1. The van der Waals surface area contributed by atoms with Crippen molar-refractivity contribution in [3.8, 4) is 6.07 Å². The van der Waals surface area contributed by atoms with Crippen LogP contribution < -0.4 is 5.32 Å². The van der Waals surface area contributed by atoms with E-state index in [0.29, 0.717) is 24.1 Å². The molecular weight excluding hydrogens is 338 g/mol. The number of carbonyl (C=O) groups is 1. The Labute approximate surface area is 158 Å². The van der Waals surface area contributed by atoms with E-state index in [4.69, 9.17) is 5.26 Å². The number of nitriles is 1. The van der Waals surface area contributed by atoms with E-state index in [1.807, 2.05) is 52.0 Å². The monoisotopic (exact) mass is 361 g/mol. The third-order valence-corrected chi connectivity index (χ3v) is 4.89. The van der Waals surface area contributed by atoms with Gasteiger partial charge in [-0.05, 0) is 45.2 Å². The highest BCUT2D eigenvalue weighted by atomic mass is 16.1. The summed E-state index contributed by atoms with van der Waals surface area (Å²) in [5, 5.41) is 16.4. The van der Waals surface area contributed by atoms with Gasteiger partial charge in [-0.15, -0.1) is 0 Å². The number of carbonyl (C=O) groups excluding carboxylic acids is 1. The van der Waals surface area contributed by atoms with Crippen LogP contribution in [0.4, 0.5) is 0 Å². The number of benzene rings is 1. The molecule has 2 heterocycles. The largest absolute Gasteiger partial charge is 0.350 e. The molecule has 0 fully saturated rings. The van der Waals surface area contributed by atoms with Gasteiger partial charge in [-0.1, -0.05) is 29.8 Å². The van der Waals surface area contributed by atoms with Gasteiger partial charge in [-0.2, -0.15) is 10.4 Å². The van der Waals surface area contributed by atoms with Gasteiger partial charge in [-0.25, -0.2) is 9.50 Å². The number of hydrogen-bond donors (Lipinski definition) is 1. The van der Waals surface area contributed by atoms with E-state index in [9.17, 15) is 4.79 Å². The lowest BCUT2D eigenvalue weighted by Gasteiger charge is -2.15. The number of aryl methyl sites for hydroxylation is 3. The molecule has 0 aliphatic carbocycles. The molecule has 1 amide bonds. The highest BCUT2D eigenvalue weighted by Crippen LogP contribution is 2.19. The summed E-state index contributed by atoms with van der Waals surface area (Å²) >= 11 is 0. The quantitative estimate of drug-likeness (QED) is 0.755. The van der Waals surface area contributed by atoms with Crippen molar-refractivity contribution in [3.63, 3.8) is 0 Å². The van der Waals surface area contributed by atoms with Gasteiger partial charge in [0.2, 0.25) is 5.91 Å². The van der Waals surface area contributed by atoms with Crippen LogP contribution in [-0.4, -0.2) is 20.5 Å². The van der Waals surface area contributed by atoms with E-state index >= 15 is 0 Å². The molecule has 3 rings (SSSR count). The Morgan fingerprint density at radius 3 is 2.63 bits per heavy atom. The third-order valence-electron chi connectivity index (χ3n) is 4.89. The van der Waals surface area contributed by atoms with Crippen LogP contribution in [0.1, 0.15) is 53.0 Å². The van der Waals surface area contributed by atoms with Crippen LogP contribution in [0.2, 0.25) is 0 Å². The molecule has 6 heteroatoms. The average Bonchev–Trinajstić information content (AvgIpc) is 3.05. The summed E-state index contributed by atoms with van der Waals surface area (Å²) in [7, 11) is 0. The van der Waals surface area contributed by atoms with Crippen molar-refractivity contribution in [3.05, 3.63) is 64.1 Å². The van der Waals surface area contributed by atoms with E-state index in [1.54, 1.807) is 4.52 Å². The maximum absolute atomic E-state index is 12.4. The van der Waals surface area contributed by atoms with Crippen molar-refractivity contribution in [2.24, 2.45) is 0 Å². The molecule has 0 saturated heterocycles. The average molecular weight is 361 g/mol. The zero-order valence-electron chi connectivity index (χ0n) is 16.1. The molecule has 1 unspecified atom stereocenters. The second kappa shape index (κ2) is 7.58. The summed E-state index contributed by atoms with van der Waals surface area (Å²) in [6.07, 6.45) is 2.47. The Bertz CT molecular complexity index is 1030. The first-order chi connectivity index (χ1) is 12.9. The molecule has 138 valence electrons. The predicted molar refractivity (Wildman–Crippen MR) is 103 cm³/mol. The second-order valence-corrected chi connectivity index (χ2v) is 6.87. The van der Waals surface area contributed by atoms with Crippen LogP contribution in [0.15, 0.2) is 30.5 Å². The maximum atomic E-state index is 12.4. The molecule has 1 atom stereocenters. The Morgan fingerprint density at radius 1 is 1.26 bits per heavy atom. The zero-order chi connectivity index (χ0) is 19.6. The number of rotatable bonds is 5. The van der Waals surface area contributed by atoms with E-state index in [0.717, 1.165) is 22.5 Å². The number of nitrogens with zero attached hydrogens (tertiary/aromatic N) is 4. The lowest BCUT2D eigenvalue weighted by Crippen LogP contribution is -2.27. The van der Waals surface area contributed by atoms with Crippen LogP contribution in [0.25, 0.3) is 5.65 Å². The number of aromatic nitrogens is 3. The molecule has 1 aromatic carbocycles. The minimum Gasteiger partial charge on any atom is -0.350 e. The van der Waals surface area contributed by atoms with E-state index in [1.165, 1.54) is 11.8 Å². The van der Waals surface area contributed by atoms with Gasteiger partial charge < -0.3 is 5.32 Å². The van der Waals surface area contributed by atoms with Crippen molar-refractivity contribution in [2.45, 2.75) is 46.6 Å². The van der Waals surface area contributed by atoms with Crippen LogP contribution in [0.3, 0.4) is 0 Å². The molecule has 0 bridgehead atoms. The number of hydrogen-bond acceptors (Lipinski definition) is 4. The topological polar surface area (TPSA) is 83.1 Å². The van der Waals surface area contributed by atoms with Crippen molar-refractivity contribution in [1.82, 2.24) is 19.9 Å². The number of fused-ring (bicyclic) bond motifs is 1. The lowest BCUT2D eigenvalue weighted by molar-refractivity contribution is -0.121. The van der Waals surface area contributed by atoms with Crippen molar-refractivity contribution < 1.29 is 4.79 Å². The van der Waals surface area contributed by atoms with Gasteiger partial charge in [0.1, 0.15) is 11.6 Å². The first-order valence-electron chi connectivity index (χ1n) is 9.00. The summed E-state index contributed by atoms with van der Waals surface area (Å²) in [5.41, 5.74) is 6.04. The molecule has 6 nitrogen and oxygen atoms in total. The summed E-state index contributed by atoms with van der Waals surface area (Å²) in [6, 6.07) is 10.2. The fourth-order valence-electron chi connectivity index (χ4n) is 3.24. The number of nitrogens with one attached hydrogen (secondary N) is 1. The van der Waals surface area contributed by atoms with Crippen LogP contribution in [0, 0.1) is 32.1 Å². The van der Waals surface area contributed by atoms with E-state index in [-0.39, 0.29) is 11.9 Å². The highest BCUT2D eigenvalue weighted by molar-refractivity contribution is 5.76. The van der Waals surface area contributed by atoms with Crippen LogP contribution >= 0.6 is 0 Å². The first-order valence-corrected chi connectivity index (χ1v) is 9.00. The molecule has 3 aromatic rings. The Kier molecular flexibility index (Phi) is 5.22. The van der Waals surface area contributed by atoms with Crippen molar-refractivity contribution >= 4 is 11.6 Å². The Balaban J connectivity index is 1.70. The fourth-order valence-corrected chi connectivity index (χ4v) is 3.24. The van der Waals surface area contributed by atoms with Crippen LogP contribution in [-0.2, 0) is 11.2 Å². The van der Waals surface area contributed by atoms with Gasteiger partial charge in [0.25, 0.3) is 0 Å². The zero-order valence-corrected chi connectivity index (χ0v) is 16.1. The molecule has 27 heavy (non-hydrogen) atoms. The molecule has 2 aromatic heterocycles. The molecule has 1 N–H and O–H groups in total. The van der Waals surface area contributed by atoms with Gasteiger partial charge in [0, 0.05) is 17.8 Å². The van der Waals surface area contributed by atoms with Gasteiger partial charge >= 0.3 is 0 Å². The third kappa shape index (κ3) is 3.82. The van der Waals surface area contributed by atoms with Gasteiger partial charge in [-0.3, -0.25) is 4.79 Å². The Morgan fingerprint density at radius 2 is 1.96 bits per heavy atom. The predicted octanol–water partition coefficient (Wildman–Crippen LogP) is 3.34. The summed E-state index contributed by atoms with van der Waals surface area (Å²) < 4.78 is 1.67. The molecule has 0 saturated carbocycles. The van der Waals surface area contributed by atoms with E-state index in [2.05, 4.69) is 21.5 Å². The molecule has 0 aliphatic heterocycles. The molecule has 0 aliphatic rings. The van der Waals surface area contributed by atoms with Crippen molar-refractivity contribution in [2.75, 3.05) is 0 Å². The summed E-state index contributed by atoms with van der Waals surface area (Å²) in [4.78, 5) is 16.9. The van der Waals surface area contributed by atoms with Gasteiger partial charge in [0.15, 0.2) is 5.65 Å². The van der Waals surface area contributed by atoms with Crippen molar-refractivity contribution in [1.29, 1.82) is 5.26 Å². The Hall–Kier alpha value is -3.20. The minimum absolute atomic E-state index is 0.000140. The highest BCUT2D eigenvalue weighted by Gasteiger charge is 2.15. The minimum atomic E-state index is -0.0369. The normalized spacial score (nSPS) is 12.0.